The lowest BCUT2D eigenvalue weighted by molar-refractivity contribution is -0.150. The van der Waals surface area contributed by atoms with Gasteiger partial charge in [-0.05, 0) is 25.0 Å². The second kappa shape index (κ2) is 11.9. The molecule has 2 aromatic rings. The minimum absolute atomic E-state index is 0.0143. The van der Waals surface area contributed by atoms with Gasteiger partial charge in [-0.15, -0.1) is 0 Å². The monoisotopic (exact) mass is 575 g/mol. The number of aryl methyl sites for hydroxylation is 1. The number of carbonyl (C=O) groups is 2. The average molecular weight is 576 g/mol. The summed E-state index contributed by atoms with van der Waals surface area (Å²) in [5, 5.41) is 2.00. The summed E-state index contributed by atoms with van der Waals surface area (Å²) in [6, 6.07) is 3.12. The molecule has 2 heterocycles. The highest BCUT2D eigenvalue weighted by Gasteiger charge is 2.36. The Morgan fingerprint density at radius 1 is 1.23 bits per heavy atom. The second-order valence-corrected chi connectivity index (χ2v) is 11.4. The Hall–Kier alpha value is -3.17. The standard InChI is InChI=1S/C24H32F3N5O6S/c1-15-10-32(39(35,36)22-12-30(3)14-28-22)16(2)13-38-19-8-17(29-21(33)9-24(25,26)27)6-7-18(19)23(34)31(4)11-20(15)37-5/h6-8,12,14-16,20H,9-11,13H2,1-5H3,(H,29,33)/t15-,16+,20-/m1/s1. The number of halogens is 3. The first-order valence-corrected chi connectivity index (χ1v) is 13.5. The van der Waals surface area contributed by atoms with E-state index in [0.717, 1.165) is 0 Å². The van der Waals surface area contributed by atoms with E-state index in [2.05, 4.69) is 10.3 Å². The van der Waals surface area contributed by atoms with Gasteiger partial charge in [0.1, 0.15) is 18.8 Å². The number of nitrogens with zero attached hydrogens (tertiary/aromatic N) is 4. The van der Waals surface area contributed by atoms with E-state index in [0.29, 0.717) is 0 Å². The minimum atomic E-state index is -4.69. The number of hydrogen-bond donors (Lipinski definition) is 1. The number of alkyl halides is 3. The lowest BCUT2D eigenvalue weighted by atomic mass is 10.0. The van der Waals surface area contributed by atoms with Gasteiger partial charge in [0.2, 0.25) is 5.91 Å². The van der Waals surface area contributed by atoms with Crippen LogP contribution < -0.4 is 10.1 Å². The van der Waals surface area contributed by atoms with Crippen LogP contribution in [0.5, 0.6) is 5.75 Å². The van der Waals surface area contributed by atoms with E-state index in [9.17, 15) is 31.2 Å². The summed E-state index contributed by atoms with van der Waals surface area (Å²) in [5.41, 5.74) is 0.0697. The van der Waals surface area contributed by atoms with Crippen LogP contribution in [-0.2, 0) is 26.6 Å². The molecule has 39 heavy (non-hydrogen) atoms. The highest BCUT2D eigenvalue weighted by atomic mass is 32.2. The van der Waals surface area contributed by atoms with Crippen LogP contribution >= 0.6 is 0 Å². The van der Waals surface area contributed by atoms with Crippen molar-refractivity contribution in [3.8, 4) is 5.75 Å². The predicted molar refractivity (Wildman–Crippen MR) is 135 cm³/mol. The number of sulfonamides is 1. The van der Waals surface area contributed by atoms with E-state index < -0.39 is 46.6 Å². The van der Waals surface area contributed by atoms with Crippen molar-refractivity contribution < 1.29 is 40.7 Å². The molecule has 0 aliphatic carbocycles. The van der Waals surface area contributed by atoms with Crippen LogP contribution in [-0.4, -0.2) is 91.2 Å². The average Bonchev–Trinajstić information content (AvgIpc) is 3.29. The Kier molecular flexibility index (Phi) is 9.28. The maximum atomic E-state index is 13.6. The van der Waals surface area contributed by atoms with E-state index in [-0.39, 0.29) is 47.6 Å². The van der Waals surface area contributed by atoms with Crippen LogP contribution in [0, 0.1) is 5.92 Å². The molecule has 0 saturated heterocycles. The molecule has 0 fully saturated rings. The highest BCUT2D eigenvalue weighted by molar-refractivity contribution is 7.89. The molecule has 0 radical (unpaired) electrons. The van der Waals surface area contributed by atoms with Crippen LogP contribution in [0.15, 0.2) is 35.7 Å². The number of amides is 2. The van der Waals surface area contributed by atoms with E-state index in [4.69, 9.17) is 9.47 Å². The van der Waals surface area contributed by atoms with Crippen molar-refractivity contribution in [1.82, 2.24) is 18.8 Å². The van der Waals surface area contributed by atoms with Gasteiger partial charge in [-0.2, -0.15) is 17.5 Å². The number of fused-ring (bicyclic) bond motifs is 1. The molecule has 1 aliphatic heterocycles. The summed E-state index contributed by atoms with van der Waals surface area (Å²) in [5.74, 6) is -2.09. The number of anilines is 1. The summed E-state index contributed by atoms with van der Waals surface area (Å²) in [7, 11) is 0.595. The first-order valence-electron chi connectivity index (χ1n) is 12.0. The summed E-state index contributed by atoms with van der Waals surface area (Å²) in [4.78, 5) is 30.5. The van der Waals surface area contributed by atoms with Crippen LogP contribution in [0.25, 0.3) is 0 Å². The van der Waals surface area contributed by atoms with E-state index >= 15 is 0 Å². The smallest absolute Gasteiger partial charge is 0.397 e. The molecule has 1 N–H and O–H groups in total. The number of rotatable bonds is 5. The molecule has 2 amide bonds. The molecule has 1 aromatic carbocycles. The molecule has 0 unspecified atom stereocenters. The zero-order chi connectivity index (χ0) is 29.1. The lowest BCUT2D eigenvalue weighted by Gasteiger charge is -2.35. The normalized spacial score (nSPS) is 21.9. The second-order valence-electron chi connectivity index (χ2n) is 9.60. The minimum Gasteiger partial charge on any atom is -0.491 e. The lowest BCUT2D eigenvalue weighted by Crippen LogP contribution is -2.48. The van der Waals surface area contributed by atoms with Crippen molar-refractivity contribution in [2.75, 3.05) is 39.2 Å². The number of nitrogens with one attached hydrogen (secondary N) is 1. The number of hydrogen-bond acceptors (Lipinski definition) is 7. The number of likely N-dealkylation sites (N-methyl/N-ethyl adjacent to an activating group) is 1. The highest BCUT2D eigenvalue weighted by Crippen LogP contribution is 2.29. The largest absolute Gasteiger partial charge is 0.491 e. The molecule has 0 saturated carbocycles. The third kappa shape index (κ3) is 7.48. The van der Waals surface area contributed by atoms with Gasteiger partial charge < -0.3 is 24.3 Å². The fourth-order valence-corrected chi connectivity index (χ4v) is 5.87. The molecule has 1 aromatic heterocycles. The predicted octanol–water partition coefficient (Wildman–Crippen LogP) is 2.51. The quantitative estimate of drug-likeness (QED) is 0.581. The van der Waals surface area contributed by atoms with Crippen molar-refractivity contribution in [2.24, 2.45) is 13.0 Å². The molecular formula is C24H32F3N5O6S. The van der Waals surface area contributed by atoms with Crippen molar-refractivity contribution in [2.45, 2.75) is 43.6 Å². The fourth-order valence-electron chi connectivity index (χ4n) is 4.18. The number of imidazole rings is 1. The Morgan fingerprint density at radius 3 is 2.51 bits per heavy atom. The maximum Gasteiger partial charge on any atom is 0.397 e. The number of benzene rings is 1. The summed E-state index contributed by atoms with van der Waals surface area (Å²) in [6.07, 6.45) is -4.15. The third-order valence-electron chi connectivity index (χ3n) is 6.29. The van der Waals surface area contributed by atoms with Crippen LogP contribution in [0.1, 0.15) is 30.6 Å². The number of ether oxygens (including phenoxy) is 2. The van der Waals surface area contributed by atoms with Gasteiger partial charge >= 0.3 is 6.18 Å². The zero-order valence-corrected chi connectivity index (χ0v) is 23.0. The Morgan fingerprint density at radius 2 is 1.92 bits per heavy atom. The van der Waals surface area contributed by atoms with Crippen molar-refractivity contribution in [1.29, 1.82) is 0 Å². The molecule has 0 bridgehead atoms. The molecule has 3 atom stereocenters. The number of aromatic nitrogens is 2. The summed E-state index contributed by atoms with van der Waals surface area (Å²) >= 11 is 0. The van der Waals surface area contributed by atoms with E-state index in [1.54, 1.807) is 21.0 Å². The zero-order valence-electron chi connectivity index (χ0n) is 22.2. The van der Waals surface area contributed by atoms with E-state index in [1.807, 2.05) is 6.92 Å². The summed E-state index contributed by atoms with van der Waals surface area (Å²) < 4.78 is 79.2. The summed E-state index contributed by atoms with van der Waals surface area (Å²) in [6.45, 7) is 3.39. The van der Waals surface area contributed by atoms with Gasteiger partial charge in [0, 0.05) is 52.2 Å². The Balaban J connectivity index is 2.00. The number of carbonyl (C=O) groups excluding carboxylic acids is 2. The molecule has 0 spiro atoms. The molecular weight excluding hydrogens is 543 g/mol. The van der Waals surface area contributed by atoms with Gasteiger partial charge in [0.25, 0.3) is 15.9 Å². The SMILES string of the molecule is CO[C@@H]1CN(C)C(=O)c2ccc(NC(=O)CC(F)(F)F)cc2OC[C@H](C)N(S(=O)(=O)c2cn(C)cn2)C[C@H]1C. The molecule has 3 rings (SSSR count). The van der Waals surface area contributed by atoms with Crippen molar-refractivity contribution in [3.63, 3.8) is 0 Å². The van der Waals surface area contributed by atoms with Gasteiger partial charge in [0.15, 0.2) is 5.03 Å². The van der Waals surface area contributed by atoms with Gasteiger partial charge in [-0.1, -0.05) is 6.92 Å². The maximum absolute atomic E-state index is 13.6. The van der Waals surface area contributed by atoms with E-state index in [1.165, 1.54) is 51.6 Å². The fraction of sp³-hybridized carbons (Fsp3) is 0.542. The van der Waals surface area contributed by atoms with Gasteiger partial charge in [-0.25, -0.2) is 13.4 Å². The first-order chi connectivity index (χ1) is 18.1. The third-order valence-corrected chi connectivity index (χ3v) is 8.15. The molecule has 11 nitrogen and oxygen atoms in total. The Labute approximate surface area is 224 Å². The van der Waals surface area contributed by atoms with Crippen molar-refractivity contribution >= 4 is 27.5 Å². The molecule has 216 valence electrons. The molecule has 15 heteroatoms. The van der Waals surface area contributed by atoms with Crippen LogP contribution in [0.2, 0.25) is 0 Å². The van der Waals surface area contributed by atoms with Crippen LogP contribution in [0.4, 0.5) is 18.9 Å². The van der Waals surface area contributed by atoms with Crippen molar-refractivity contribution in [3.05, 3.63) is 36.3 Å². The molecule has 1 aliphatic rings. The number of methoxy groups -OCH3 is 1. The topological polar surface area (TPSA) is 123 Å². The van der Waals surface area contributed by atoms with Crippen LogP contribution in [0.3, 0.4) is 0 Å². The van der Waals surface area contributed by atoms with Gasteiger partial charge in [0.05, 0.1) is 24.0 Å². The Bertz CT molecular complexity index is 1300. The van der Waals surface area contributed by atoms with Gasteiger partial charge in [-0.3, -0.25) is 9.59 Å². The first kappa shape index (κ1) is 30.4.